The lowest BCUT2D eigenvalue weighted by Crippen LogP contribution is -2.49. The summed E-state index contributed by atoms with van der Waals surface area (Å²) in [5.41, 5.74) is 1.14. The zero-order valence-corrected chi connectivity index (χ0v) is 15.7. The van der Waals surface area contributed by atoms with Gasteiger partial charge in [-0.3, -0.25) is 0 Å². The maximum absolute atomic E-state index is 12.5. The average Bonchev–Trinajstić information content (AvgIpc) is 3.01. The Kier molecular flexibility index (Phi) is 5.15. The molecule has 0 aromatic carbocycles. The maximum Gasteiger partial charge on any atom is 0.410 e. The number of nitrogens with zero attached hydrogens (tertiary/aromatic N) is 4. The van der Waals surface area contributed by atoms with E-state index in [9.17, 15) is 4.79 Å². The molecule has 140 valence electrons. The summed E-state index contributed by atoms with van der Waals surface area (Å²) in [6.45, 7) is 10.8. The summed E-state index contributed by atoms with van der Waals surface area (Å²) < 4.78 is 7.31. The monoisotopic (exact) mass is 357 g/mol. The minimum Gasteiger partial charge on any atom is -0.444 e. The normalized spacial score (nSPS) is 18.0. The molecule has 1 unspecified atom stereocenters. The summed E-state index contributed by atoms with van der Waals surface area (Å²) >= 11 is 0. The number of imidazole rings is 1. The number of likely N-dealkylation sites (tertiary alicyclic amines) is 1. The van der Waals surface area contributed by atoms with Crippen molar-refractivity contribution in [1.82, 2.24) is 19.5 Å². The topological polar surface area (TPSA) is 71.8 Å². The van der Waals surface area contributed by atoms with Gasteiger partial charge in [0.15, 0.2) is 5.65 Å². The van der Waals surface area contributed by atoms with Gasteiger partial charge in [0, 0.05) is 13.1 Å². The summed E-state index contributed by atoms with van der Waals surface area (Å²) in [7, 11) is 0. The Morgan fingerprint density at radius 3 is 2.96 bits per heavy atom. The van der Waals surface area contributed by atoms with Gasteiger partial charge in [0.25, 0.3) is 0 Å². The first kappa shape index (κ1) is 18.2. The van der Waals surface area contributed by atoms with Crippen molar-refractivity contribution in [3.05, 3.63) is 30.6 Å². The Hall–Kier alpha value is -2.57. The lowest BCUT2D eigenvalue weighted by atomic mass is 10.0. The van der Waals surface area contributed by atoms with Crippen LogP contribution in [0.15, 0.2) is 24.9 Å². The molecule has 1 fully saturated rings. The highest BCUT2D eigenvalue weighted by molar-refractivity contribution is 5.68. The van der Waals surface area contributed by atoms with Crippen LogP contribution in [-0.4, -0.2) is 50.3 Å². The number of nitrogens with one attached hydrogen (secondary N) is 1. The Morgan fingerprint density at radius 1 is 1.42 bits per heavy atom. The minimum atomic E-state index is -0.485. The van der Waals surface area contributed by atoms with E-state index in [0.717, 1.165) is 43.0 Å². The van der Waals surface area contributed by atoms with Crippen molar-refractivity contribution in [2.75, 3.05) is 18.4 Å². The van der Waals surface area contributed by atoms with Crippen molar-refractivity contribution in [2.45, 2.75) is 51.7 Å². The van der Waals surface area contributed by atoms with E-state index in [1.54, 1.807) is 16.8 Å². The summed E-state index contributed by atoms with van der Waals surface area (Å²) in [6.07, 6.45) is 6.30. The summed E-state index contributed by atoms with van der Waals surface area (Å²) in [6, 6.07) is 3.91. The molecule has 0 saturated carbocycles. The number of hydrogen-bond acceptors (Lipinski definition) is 5. The number of piperidine rings is 1. The highest BCUT2D eigenvalue weighted by Crippen LogP contribution is 2.21. The number of fused-ring (bicyclic) bond motifs is 1. The van der Waals surface area contributed by atoms with Crippen LogP contribution in [0.2, 0.25) is 0 Å². The third-order valence-electron chi connectivity index (χ3n) is 4.37. The Morgan fingerprint density at radius 2 is 2.23 bits per heavy atom. The number of anilines is 1. The van der Waals surface area contributed by atoms with Crippen LogP contribution in [0.3, 0.4) is 0 Å². The molecular formula is C19H27N5O2. The fraction of sp³-hybridized carbons (Fsp3) is 0.526. The van der Waals surface area contributed by atoms with E-state index >= 15 is 0 Å². The van der Waals surface area contributed by atoms with E-state index in [2.05, 4.69) is 22.0 Å². The van der Waals surface area contributed by atoms with E-state index in [1.165, 1.54) is 0 Å². The third-order valence-corrected chi connectivity index (χ3v) is 4.37. The quantitative estimate of drug-likeness (QED) is 0.906. The molecule has 2 aromatic rings. The lowest BCUT2D eigenvalue weighted by molar-refractivity contribution is 0.0114. The summed E-state index contributed by atoms with van der Waals surface area (Å²) in [5, 5.41) is 7.91. The molecule has 0 spiro atoms. The van der Waals surface area contributed by atoms with Gasteiger partial charge in [0.1, 0.15) is 11.4 Å². The molecule has 1 aliphatic heterocycles. The van der Waals surface area contributed by atoms with Crippen LogP contribution in [0.5, 0.6) is 0 Å². The molecule has 1 atom stereocenters. The molecule has 1 N–H and O–H groups in total. The number of ether oxygens (including phenoxy) is 1. The SMILES string of the molecule is C=Cc1cnc2ccc(NCC3CCCCN3C(=O)OC(C)(C)C)nn12. The van der Waals surface area contributed by atoms with Gasteiger partial charge in [-0.25, -0.2) is 14.3 Å². The Bertz CT molecular complexity index is 793. The van der Waals surface area contributed by atoms with Gasteiger partial charge in [-0.2, -0.15) is 0 Å². The fourth-order valence-electron chi connectivity index (χ4n) is 3.12. The maximum atomic E-state index is 12.5. The van der Waals surface area contributed by atoms with Crippen LogP contribution < -0.4 is 5.32 Å². The van der Waals surface area contributed by atoms with Crippen molar-refractivity contribution in [2.24, 2.45) is 0 Å². The second-order valence-electron chi connectivity index (χ2n) is 7.58. The van der Waals surface area contributed by atoms with Gasteiger partial charge in [0.05, 0.1) is 17.9 Å². The molecule has 0 radical (unpaired) electrons. The summed E-state index contributed by atoms with van der Waals surface area (Å²) in [5.74, 6) is 0.744. The first-order valence-corrected chi connectivity index (χ1v) is 9.08. The van der Waals surface area contributed by atoms with Gasteiger partial charge in [-0.05, 0) is 58.2 Å². The van der Waals surface area contributed by atoms with Crippen molar-refractivity contribution in [1.29, 1.82) is 0 Å². The van der Waals surface area contributed by atoms with Crippen molar-refractivity contribution >= 4 is 23.6 Å². The predicted octanol–water partition coefficient (Wildman–Crippen LogP) is 3.57. The highest BCUT2D eigenvalue weighted by Gasteiger charge is 2.30. The first-order valence-electron chi connectivity index (χ1n) is 9.08. The van der Waals surface area contributed by atoms with Crippen LogP contribution in [-0.2, 0) is 4.74 Å². The fourth-order valence-corrected chi connectivity index (χ4v) is 3.12. The van der Waals surface area contributed by atoms with Crippen LogP contribution in [0.1, 0.15) is 45.7 Å². The molecule has 0 bridgehead atoms. The predicted molar refractivity (Wildman–Crippen MR) is 102 cm³/mol. The van der Waals surface area contributed by atoms with Crippen molar-refractivity contribution in [3.8, 4) is 0 Å². The highest BCUT2D eigenvalue weighted by atomic mass is 16.6. The lowest BCUT2D eigenvalue weighted by Gasteiger charge is -2.36. The smallest absolute Gasteiger partial charge is 0.410 e. The van der Waals surface area contributed by atoms with Crippen LogP contribution in [0, 0.1) is 0 Å². The molecule has 7 heteroatoms. The van der Waals surface area contributed by atoms with Gasteiger partial charge in [-0.1, -0.05) is 6.58 Å². The van der Waals surface area contributed by atoms with E-state index in [4.69, 9.17) is 4.74 Å². The third kappa shape index (κ3) is 4.15. The number of rotatable bonds is 4. The van der Waals surface area contributed by atoms with Crippen molar-refractivity contribution < 1.29 is 9.53 Å². The van der Waals surface area contributed by atoms with E-state index < -0.39 is 5.60 Å². The molecule has 1 amide bonds. The molecule has 7 nitrogen and oxygen atoms in total. The number of carbonyl (C=O) groups is 1. The van der Waals surface area contributed by atoms with Gasteiger partial charge in [0.2, 0.25) is 0 Å². The molecule has 3 rings (SSSR count). The zero-order chi connectivity index (χ0) is 18.7. The van der Waals surface area contributed by atoms with Crippen LogP contribution in [0.25, 0.3) is 11.7 Å². The molecule has 3 heterocycles. The standard InChI is InChI=1S/C19H27N5O2/c1-5-14-12-21-17-10-9-16(22-24(14)17)20-13-15-8-6-7-11-23(15)18(25)26-19(2,3)4/h5,9-10,12,15H,1,6-8,11,13H2,2-4H3,(H,20,22). The molecule has 0 aliphatic carbocycles. The van der Waals surface area contributed by atoms with Gasteiger partial charge < -0.3 is 15.0 Å². The van der Waals surface area contributed by atoms with E-state index in [1.807, 2.05) is 37.8 Å². The van der Waals surface area contributed by atoms with Gasteiger partial charge >= 0.3 is 6.09 Å². The number of aromatic nitrogens is 3. The largest absolute Gasteiger partial charge is 0.444 e. The second-order valence-corrected chi connectivity index (χ2v) is 7.58. The number of hydrogen-bond donors (Lipinski definition) is 1. The number of carbonyl (C=O) groups excluding carboxylic acids is 1. The molecular weight excluding hydrogens is 330 g/mol. The van der Waals surface area contributed by atoms with Crippen LogP contribution in [0.4, 0.5) is 10.6 Å². The minimum absolute atomic E-state index is 0.0951. The zero-order valence-electron chi connectivity index (χ0n) is 15.7. The summed E-state index contributed by atoms with van der Waals surface area (Å²) in [4.78, 5) is 18.6. The molecule has 1 aliphatic rings. The number of amides is 1. The van der Waals surface area contributed by atoms with E-state index in [0.29, 0.717) is 6.54 Å². The van der Waals surface area contributed by atoms with Crippen molar-refractivity contribution in [3.63, 3.8) is 0 Å². The Balaban J connectivity index is 1.68. The molecule has 1 saturated heterocycles. The molecule has 2 aromatic heterocycles. The van der Waals surface area contributed by atoms with Crippen LogP contribution >= 0.6 is 0 Å². The second kappa shape index (κ2) is 7.35. The first-order chi connectivity index (χ1) is 12.4. The van der Waals surface area contributed by atoms with Gasteiger partial charge in [-0.15, -0.1) is 5.10 Å². The van der Waals surface area contributed by atoms with E-state index in [-0.39, 0.29) is 12.1 Å². The average molecular weight is 357 g/mol. The molecule has 26 heavy (non-hydrogen) atoms. The Labute approximate surface area is 154 Å².